The van der Waals surface area contributed by atoms with Crippen LogP contribution < -0.4 is 0 Å². The van der Waals surface area contributed by atoms with Gasteiger partial charge in [-0.25, -0.2) is 0 Å². The summed E-state index contributed by atoms with van der Waals surface area (Å²) in [7, 11) is 0. The molecule has 0 aromatic carbocycles. The lowest BCUT2D eigenvalue weighted by Crippen LogP contribution is -2.54. The number of hydrogen-bond donors (Lipinski definition) is 0. The minimum absolute atomic E-state index is 0.375. The van der Waals surface area contributed by atoms with Crippen LogP contribution in [0.25, 0.3) is 0 Å². The minimum Gasteiger partial charge on any atom is -0.338 e. The normalized spacial score (nSPS) is 27.9. The van der Waals surface area contributed by atoms with Gasteiger partial charge in [0.15, 0.2) is 0 Å². The van der Waals surface area contributed by atoms with Gasteiger partial charge < -0.3 is 4.90 Å². The Bertz CT molecular complexity index is 583. The highest BCUT2D eigenvalue weighted by molar-refractivity contribution is 5.78. The molecule has 2 saturated heterocycles. The van der Waals surface area contributed by atoms with Crippen LogP contribution in [0.15, 0.2) is 24.4 Å². The highest BCUT2D eigenvalue weighted by Gasteiger charge is 2.36. The van der Waals surface area contributed by atoms with Gasteiger partial charge in [-0.3, -0.25) is 19.6 Å². The number of fused-ring (bicyclic) bond motifs is 1. The van der Waals surface area contributed by atoms with Crippen LogP contribution in [0.4, 0.5) is 0 Å². The van der Waals surface area contributed by atoms with Crippen LogP contribution in [-0.4, -0.2) is 70.9 Å². The topological polar surface area (TPSA) is 39.7 Å². The predicted octanol–water partition coefficient (Wildman–Crippen LogP) is 2.38. The molecule has 1 aromatic rings. The molecule has 5 heteroatoms. The van der Waals surface area contributed by atoms with Crippen LogP contribution in [0, 0.1) is 5.92 Å². The molecule has 2 atom stereocenters. The third kappa shape index (κ3) is 4.26. The Balaban J connectivity index is 1.25. The van der Waals surface area contributed by atoms with E-state index < -0.39 is 0 Å². The van der Waals surface area contributed by atoms with Crippen LogP contribution in [-0.2, 0) is 11.3 Å². The third-order valence-electron chi connectivity index (χ3n) is 6.50. The van der Waals surface area contributed by atoms with Crippen LogP contribution in [0.1, 0.15) is 44.2 Å². The molecular formula is C21H32N4O. The van der Waals surface area contributed by atoms with Crippen molar-refractivity contribution in [3.8, 4) is 0 Å². The maximum atomic E-state index is 13.0. The van der Waals surface area contributed by atoms with E-state index >= 15 is 0 Å². The second-order valence-electron chi connectivity index (χ2n) is 8.21. The van der Waals surface area contributed by atoms with E-state index in [0.29, 0.717) is 18.5 Å². The number of carbonyl (C=O) groups is 1. The molecule has 3 aliphatic rings. The van der Waals surface area contributed by atoms with Gasteiger partial charge in [-0.05, 0) is 43.7 Å². The van der Waals surface area contributed by atoms with Gasteiger partial charge in [0.2, 0.25) is 5.91 Å². The SMILES string of the molecule is O=C(CN1CCN(Cc2ccccn2)CC1)N1CCCC2CCCCC21. The summed E-state index contributed by atoms with van der Waals surface area (Å²) in [5.74, 6) is 1.15. The second-order valence-corrected chi connectivity index (χ2v) is 8.21. The predicted molar refractivity (Wildman–Crippen MR) is 103 cm³/mol. The Morgan fingerprint density at radius 3 is 2.54 bits per heavy atom. The largest absolute Gasteiger partial charge is 0.338 e. The Morgan fingerprint density at radius 1 is 0.962 bits per heavy atom. The fourth-order valence-electron chi connectivity index (χ4n) is 5.04. The summed E-state index contributed by atoms with van der Waals surface area (Å²) in [6, 6.07) is 6.64. The van der Waals surface area contributed by atoms with Crippen LogP contribution in [0.3, 0.4) is 0 Å². The van der Waals surface area contributed by atoms with Crippen molar-refractivity contribution >= 4 is 5.91 Å². The van der Waals surface area contributed by atoms with Gasteiger partial charge in [-0.1, -0.05) is 18.9 Å². The minimum atomic E-state index is 0.375. The number of hydrogen-bond acceptors (Lipinski definition) is 4. The lowest BCUT2D eigenvalue weighted by Gasteiger charge is -2.45. The van der Waals surface area contributed by atoms with Crippen LogP contribution >= 0.6 is 0 Å². The molecule has 3 fully saturated rings. The standard InChI is InChI=1S/C21H32N4O/c26-21(25-11-5-7-18-6-1-2-9-20(18)25)17-24-14-12-23(13-15-24)16-19-8-3-4-10-22-19/h3-4,8,10,18,20H,1-2,5-7,9,11-17H2. The number of carbonyl (C=O) groups excluding carboxylic acids is 1. The van der Waals surface area contributed by atoms with Gasteiger partial charge in [0, 0.05) is 51.5 Å². The van der Waals surface area contributed by atoms with E-state index in [4.69, 9.17) is 0 Å². The number of likely N-dealkylation sites (tertiary alicyclic amines) is 1. The fraction of sp³-hybridized carbons (Fsp3) is 0.714. The molecule has 0 radical (unpaired) electrons. The van der Waals surface area contributed by atoms with Crippen molar-refractivity contribution in [2.24, 2.45) is 5.92 Å². The van der Waals surface area contributed by atoms with E-state index in [1.54, 1.807) is 0 Å². The molecule has 1 aromatic heterocycles. The summed E-state index contributed by atoms with van der Waals surface area (Å²) >= 11 is 0. The zero-order chi connectivity index (χ0) is 17.8. The first-order valence-electron chi connectivity index (χ1n) is 10.4. The molecule has 4 rings (SSSR count). The van der Waals surface area contributed by atoms with Gasteiger partial charge >= 0.3 is 0 Å². The Hall–Kier alpha value is -1.46. The molecule has 0 spiro atoms. The van der Waals surface area contributed by atoms with Crippen molar-refractivity contribution in [3.05, 3.63) is 30.1 Å². The zero-order valence-corrected chi connectivity index (χ0v) is 15.9. The first-order valence-corrected chi connectivity index (χ1v) is 10.4. The van der Waals surface area contributed by atoms with Gasteiger partial charge in [0.25, 0.3) is 0 Å². The average Bonchev–Trinajstić information content (AvgIpc) is 2.70. The van der Waals surface area contributed by atoms with Crippen molar-refractivity contribution in [2.45, 2.75) is 51.1 Å². The molecular weight excluding hydrogens is 324 g/mol. The lowest BCUT2D eigenvalue weighted by atomic mass is 9.78. The number of aromatic nitrogens is 1. The van der Waals surface area contributed by atoms with E-state index in [0.717, 1.165) is 50.9 Å². The monoisotopic (exact) mass is 356 g/mol. The summed E-state index contributed by atoms with van der Waals surface area (Å²) in [5, 5.41) is 0. The van der Waals surface area contributed by atoms with E-state index in [9.17, 15) is 4.79 Å². The van der Waals surface area contributed by atoms with Gasteiger partial charge in [0.1, 0.15) is 0 Å². The molecule has 1 saturated carbocycles. The number of nitrogens with zero attached hydrogens (tertiary/aromatic N) is 4. The summed E-state index contributed by atoms with van der Waals surface area (Å²) in [6.45, 7) is 6.53. The molecule has 0 bridgehead atoms. The summed E-state index contributed by atoms with van der Waals surface area (Å²) in [5.41, 5.74) is 1.13. The fourth-order valence-corrected chi connectivity index (χ4v) is 5.04. The molecule has 2 aliphatic heterocycles. The number of piperazine rings is 1. The molecule has 3 heterocycles. The highest BCUT2D eigenvalue weighted by atomic mass is 16.2. The first-order chi connectivity index (χ1) is 12.8. The molecule has 5 nitrogen and oxygen atoms in total. The van der Waals surface area contributed by atoms with E-state index in [2.05, 4.69) is 25.8 Å². The smallest absolute Gasteiger partial charge is 0.237 e. The molecule has 1 amide bonds. The van der Waals surface area contributed by atoms with Crippen molar-refractivity contribution in [1.29, 1.82) is 0 Å². The second kappa shape index (κ2) is 8.49. The number of rotatable bonds is 4. The van der Waals surface area contributed by atoms with Crippen molar-refractivity contribution in [2.75, 3.05) is 39.3 Å². The van der Waals surface area contributed by atoms with Crippen LogP contribution in [0.5, 0.6) is 0 Å². The molecule has 0 N–H and O–H groups in total. The highest BCUT2D eigenvalue weighted by Crippen LogP contribution is 2.35. The maximum absolute atomic E-state index is 13.0. The lowest BCUT2D eigenvalue weighted by molar-refractivity contribution is -0.139. The summed E-state index contributed by atoms with van der Waals surface area (Å²) in [6.07, 6.45) is 9.63. The Morgan fingerprint density at radius 2 is 1.73 bits per heavy atom. The van der Waals surface area contributed by atoms with Gasteiger partial charge in [-0.2, -0.15) is 0 Å². The number of amides is 1. The number of pyridine rings is 1. The molecule has 1 aliphatic carbocycles. The first kappa shape index (κ1) is 17.9. The molecule has 2 unspecified atom stereocenters. The summed E-state index contributed by atoms with van der Waals surface area (Å²) in [4.78, 5) is 24.4. The van der Waals surface area contributed by atoms with Crippen molar-refractivity contribution in [3.63, 3.8) is 0 Å². The van der Waals surface area contributed by atoms with Crippen molar-refractivity contribution < 1.29 is 4.79 Å². The third-order valence-corrected chi connectivity index (χ3v) is 6.50. The van der Waals surface area contributed by atoms with Gasteiger partial charge in [-0.15, -0.1) is 0 Å². The van der Waals surface area contributed by atoms with Crippen molar-refractivity contribution in [1.82, 2.24) is 19.7 Å². The molecule has 26 heavy (non-hydrogen) atoms. The summed E-state index contributed by atoms with van der Waals surface area (Å²) < 4.78 is 0. The van der Waals surface area contributed by atoms with E-state index in [1.807, 2.05) is 18.3 Å². The van der Waals surface area contributed by atoms with Gasteiger partial charge in [0.05, 0.1) is 12.2 Å². The molecule has 142 valence electrons. The van der Waals surface area contributed by atoms with E-state index in [1.165, 1.54) is 38.5 Å². The average molecular weight is 357 g/mol. The Labute approximate surface area is 157 Å². The number of piperidine rings is 1. The van der Waals surface area contributed by atoms with Crippen LogP contribution in [0.2, 0.25) is 0 Å². The Kier molecular flexibility index (Phi) is 5.85. The van der Waals surface area contributed by atoms with E-state index in [-0.39, 0.29) is 0 Å². The maximum Gasteiger partial charge on any atom is 0.237 e. The zero-order valence-electron chi connectivity index (χ0n) is 15.9. The quantitative estimate of drug-likeness (QED) is 0.830.